The summed E-state index contributed by atoms with van der Waals surface area (Å²) in [5.74, 6) is -1.00. The average Bonchev–Trinajstić information content (AvgIpc) is 2.34. The first kappa shape index (κ1) is 15.4. The molecule has 0 fully saturated rings. The topological polar surface area (TPSA) is 12.0 Å². The van der Waals surface area contributed by atoms with E-state index < -0.39 is 11.6 Å². The van der Waals surface area contributed by atoms with Crippen LogP contribution in [0.5, 0.6) is 0 Å². The lowest BCUT2D eigenvalue weighted by Gasteiger charge is -2.23. The highest BCUT2D eigenvalue weighted by Crippen LogP contribution is 2.28. The van der Waals surface area contributed by atoms with Crippen molar-refractivity contribution in [2.24, 2.45) is 0 Å². The smallest absolute Gasteiger partial charge is 0.139 e. The van der Waals surface area contributed by atoms with Crippen LogP contribution in [0.3, 0.4) is 0 Å². The van der Waals surface area contributed by atoms with Gasteiger partial charge in [-0.05, 0) is 31.5 Å². The molecule has 0 aromatic heterocycles. The minimum atomic E-state index is -0.527. The van der Waals surface area contributed by atoms with Crippen molar-refractivity contribution >= 4 is 11.8 Å². The summed E-state index contributed by atoms with van der Waals surface area (Å²) in [6.45, 7) is 7.28. The van der Waals surface area contributed by atoms with Crippen molar-refractivity contribution in [1.29, 1.82) is 0 Å². The number of benzene rings is 1. The van der Waals surface area contributed by atoms with Crippen LogP contribution in [0.25, 0.3) is 0 Å². The van der Waals surface area contributed by atoms with Crippen LogP contribution in [0.15, 0.2) is 23.1 Å². The molecule has 1 aromatic carbocycles. The molecule has 0 aliphatic carbocycles. The summed E-state index contributed by atoms with van der Waals surface area (Å²) in [6, 6.07) is 4.10. The maximum absolute atomic E-state index is 13.5. The second-order valence-corrected chi connectivity index (χ2v) is 5.79. The molecule has 4 heteroatoms. The van der Waals surface area contributed by atoms with E-state index in [0.29, 0.717) is 10.9 Å². The van der Waals surface area contributed by atoms with Gasteiger partial charge in [-0.25, -0.2) is 8.78 Å². The fourth-order valence-electron chi connectivity index (χ4n) is 1.83. The predicted molar refractivity (Wildman–Crippen MR) is 74.0 cm³/mol. The van der Waals surface area contributed by atoms with E-state index in [0.717, 1.165) is 25.5 Å². The van der Waals surface area contributed by atoms with Gasteiger partial charge in [0.05, 0.1) is 0 Å². The van der Waals surface area contributed by atoms with Crippen molar-refractivity contribution in [2.45, 2.75) is 49.8 Å². The van der Waals surface area contributed by atoms with E-state index in [-0.39, 0.29) is 5.25 Å². The number of rotatable bonds is 7. The van der Waals surface area contributed by atoms with Gasteiger partial charge in [-0.2, -0.15) is 0 Å². The molecule has 18 heavy (non-hydrogen) atoms. The van der Waals surface area contributed by atoms with Gasteiger partial charge in [0.2, 0.25) is 0 Å². The average molecular weight is 273 g/mol. The SMILES string of the molecule is CCCNC(CC)C(C)Sc1ccc(F)cc1F. The molecule has 0 saturated carbocycles. The maximum atomic E-state index is 13.5. The molecule has 1 aromatic rings. The third-order valence-electron chi connectivity index (χ3n) is 2.87. The van der Waals surface area contributed by atoms with E-state index >= 15 is 0 Å². The zero-order valence-electron chi connectivity index (χ0n) is 11.2. The van der Waals surface area contributed by atoms with Gasteiger partial charge in [0.15, 0.2) is 0 Å². The number of halogens is 2. The Bertz CT molecular complexity index is 371. The molecule has 0 heterocycles. The molecule has 102 valence electrons. The van der Waals surface area contributed by atoms with Crippen LogP contribution >= 0.6 is 11.8 Å². The van der Waals surface area contributed by atoms with Gasteiger partial charge in [0, 0.05) is 22.3 Å². The first-order valence-corrected chi connectivity index (χ1v) is 7.31. The molecule has 0 spiro atoms. The summed E-state index contributed by atoms with van der Waals surface area (Å²) < 4.78 is 26.4. The molecule has 1 rings (SSSR count). The number of hydrogen-bond donors (Lipinski definition) is 1. The van der Waals surface area contributed by atoms with Crippen LogP contribution in [0.4, 0.5) is 8.78 Å². The first-order valence-electron chi connectivity index (χ1n) is 6.43. The van der Waals surface area contributed by atoms with Gasteiger partial charge < -0.3 is 5.32 Å². The van der Waals surface area contributed by atoms with E-state index in [9.17, 15) is 8.78 Å². The van der Waals surface area contributed by atoms with Crippen LogP contribution in [0, 0.1) is 11.6 Å². The van der Waals surface area contributed by atoms with Crippen LogP contribution in [0.1, 0.15) is 33.6 Å². The van der Waals surface area contributed by atoms with Gasteiger partial charge in [-0.15, -0.1) is 11.8 Å². The third kappa shape index (κ3) is 4.58. The Morgan fingerprint density at radius 2 is 2.00 bits per heavy atom. The van der Waals surface area contributed by atoms with Crippen molar-refractivity contribution in [3.05, 3.63) is 29.8 Å². The fourth-order valence-corrected chi connectivity index (χ4v) is 3.00. The van der Waals surface area contributed by atoms with Gasteiger partial charge in [-0.3, -0.25) is 0 Å². The van der Waals surface area contributed by atoms with Crippen LogP contribution in [-0.4, -0.2) is 17.8 Å². The Morgan fingerprint density at radius 1 is 1.28 bits per heavy atom. The molecule has 0 bridgehead atoms. The van der Waals surface area contributed by atoms with Crippen molar-refractivity contribution in [3.63, 3.8) is 0 Å². The summed E-state index contributed by atoms with van der Waals surface area (Å²) in [7, 11) is 0. The summed E-state index contributed by atoms with van der Waals surface area (Å²) in [6.07, 6.45) is 2.08. The highest BCUT2D eigenvalue weighted by Gasteiger charge is 2.17. The Balaban J connectivity index is 2.64. The second kappa shape index (κ2) is 7.74. The Kier molecular flexibility index (Phi) is 6.65. The molecule has 1 nitrogen and oxygen atoms in total. The number of nitrogens with one attached hydrogen (secondary N) is 1. The van der Waals surface area contributed by atoms with Crippen LogP contribution in [0.2, 0.25) is 0 Å². The second-order valence-electron chi connectivity index (χ2n) is 4.37. The zero-order valence-corrected chi connectivity index (χ0v) is 12.0. The van der Waals surface area contributed by atoms with Crippen LogP contribution < -0.4 is 5.32 Å². The van der Waals surface area contributed by atoms with Gasteiger partial charge >= 0.3 is 0 Å². The summed E-state index contributed by atoms with van der Waals surface area (Å²) >= 11 is 1.46. The van der Waals surface area contributed by atoms with E-state index in [1.807, 2.05) is 0 Å². The Hall–Kier alpha value is -0.610. The van der Waals surface area contributed by atoms with Crippen molar-refractivity contribution in [1.82, 2.24) is 5.32 Å². The predicted octanol–water partition coefficient (Wildman–Crippen LogP) is 4.22. The molecule has 0 radical (unpaired) electrons. The third-order valence-corrected chi connectivity index (χ3v) is 4.16. The lowest BCUT2D eigenvalue weighted by atomic mass is 10.1. The molecule has 1 N–H and O–H groups in total. The monoisotopic (exact) mass is 273 g/mol. The van der Waals surface area contributed by atoms with E-state index in [2.05, 4.69) is 26.1 Å². The van der Waals surface area contributed by atoms with Gasteiger partial charge in [-0.1, -0.05) is 20.8 Å². The summed E-state index contributed by atoms with van der Waals surface area (Å²) in [4.78, 5) is 0.514. The van der Waals surface area contributed by atoms with Crippen molar-refractivity contribution < 1.29 is 8.78 Å². The molecule has 0 amide bonds. The molecule has 0 aliphatic rings. The summed E-state index contributed by atoms with van der Waals surface area (Å²) in [5, 5.41) is 3.70. The lowest BCUT2D eigenvalue weighted by Crippen LogP contribution is -2.36. The number of thioether (sulfide) groups is 1. The van der Waals surface area contributed by atoms with E-state index in [1.54, 1.807) is 0 Å². The normalized spacial score (nSPS) is 14.5. The fraction of sp³-hybridized carbons (Fsp3) is 0.571. The Labute approximate surface area is 112 Å². The van der Waals surface area contributed by atoms with Crippen molar-refractivity contribution in [3.8, 4) is 0 Å². The summed E-state index contributed by atoms with van der Waals surface area (Å²) in [5.41, 5.74) is 0. The zero-order chi connectivity index (χ0) is 13.5. The molecule has 0 saturated heterocycles. The maximum Gasteiger partial charge on any atom is 0.139 e. The minimum absolute atomic E-state index is 0.251. The van der Waals surface area contributed by atoms with E-state index in [1.165, 1.54) is 23.9 Å². The molecular formula is C14H21F2NS. The lowest BCUT2D eigenvalue weighted by molar-refractivity contribution is 0.493. The highest BCUT2D eigenvalue weighted by molar-refractivity contribution is 8.00. The standard InChI is InChI=1S/C14H21F2NS/c1-4-8-17-13(5-2)10(3)18-14-7-6-11(15)9-12(14)16/h6-7,9-10,13,17H,4-5,8H2,1-3H3. The van der Waals surface area contributed by atoms with Crippen molar-refractivity contribution in [2.75, 3.05) is 6.54 Å². The largest absolute Gasteiger partial charge is 0.313 e. The quantitative estimate of drug-likeness (QED) is 0.746. The molecule has 0 aliphatic heterocycles. The molecule has 2 unspecified atom stereocenters. The molecular weight excluding hydrogens is 252 g/mol. The molecule has 2 atom stereocenters. The first-order chi connectivity index (χ1) is 8.58. The van der Waals surface area contributed by atoms with Gasteiger partial charge in [0.1, 0.15) is 11.6 Å². The number of hydrogen-bond acceptors (Lipinski definition) is 2. The van der Waals surface area contributed by atoms with E-state index in [4.69, 9.17) is 0 Å². The minimum Gasteiger partial charge on any atom is -0.313 e. The highest BCUT2D eigenvalue weighted by atomic mass is 32.2. The Morgan fingerprint density at radius 3 is 2.56 bits per heavy atom. The van der Waals surface area contributed by atoms with Gasteiger partial charge in [0.25, 0.3) is 0 Å². The van der Waals surface area contributed by atoms with Crippen LogP contribution in [-0.2, 0) is 0 Å².